The molecule has 34 heavy (non-hydrogen) atoms. The van der Waals surface area contributed by atoms with Gasteiger partial charge in [-0.25, -0.2) is 9.18 Å². The number of carbonyl (C=O) groups is 2. The number of halogens is 1. The Labute approximate surface area is 200 Å². The van der Waals surface area contributed by atoms with Gasteiger partial charge in [-0.2, -0.15) is 0 Å². The van der Waals surface area contributed by atoms with E-state index < -0.39 is 5.66 Å². The molecule has 180 valence electrons. The fraction of sp³-hybridized carbons (Fsp3) is 0.464. The van der Waals surface area contributed by atoms with E-state index in [9.17, 15) is 14.0 Å². The van der Waals surface area contributed by atoms with Crippen molar-refractivity contribution in [2.75, 3.05) is 7.11 Å². The highest BCUT2D eigenvalue weighted by molar-refractivity contribution is 6.36. The lowest BCUT2D eigenvalue weighted by Crippen LogP contribution is -2.48. The first-order valence-electron chi connectivity index (χ1n) is 12.3. The van der Waals surface area contributed by atoms with Gasteiger partial charge in [-0.1, -0.05) is 25.5 Å². The van der Waals surface area contributed by atoms with Crippen LogP contribution in [-0.4, -0.2) is 30.7 Å². The summed E-state index contributed by atoms with van der Waals surface area (Å²) in [5.74, 6) is -0.112. The van der Waals surface area contributed by atoms with Crippen molar-refractivity contribution in [3.05, 3.63) is 70.5 Å². The van der Waals surface area contributed by atoms with Crippen LogP contribution in [-0.2, 0) is 16.0 Å². The van der Waals surface area contributed by atoms with Gasteiger partial charge in [0, 0.05) is 11.6 Å². The SMILES string of the molecule is CCc1cc(/C(C=O)=N/C2(NC(c3ccc(C(=O)OC)cc3)C3CC3)CCCCC2)ccc1F. The van der Waals surface area contributed by atoms with E-state index in [4.69, 9.17) is 9.73 Å². The molecule has 0 aromatic heterocycles. The summed E-state index contributed by atoms with van der Waals surface area (Å²) in [5.41, 5.74) is 2.68. The fourth-order valence-electron chi connectivity index (χ4n) is 4.96. The number of ether oxygens (including phenoxy) is 1. The molecule has 1 N–H and O–H groups in total. The lowest BCUT2D eigenvalue weighted by Gasteiger charge is -2.39. The largest absolute Gasteiger partial charge is 0.465 e. The molecule has 0 bridgehead atoms. The summed E-state index contributed by atoms with van der Waals surface area (Å²) in [5, 5.41) is 3.85. The van der Waals surface area contributed by atoms with Crippen LogP contribution in [0.5, 0.6) is 0 Å². The van der Waals surface area contributed by atoms with Crippen molar-refractivity contribution in [1.82, 2.24) is 5.32 Å². The monoisotopic (exact) mass is 464 g/mol. The number of carbonyl (C=O) groups excluding carboxylic acids is 2. The van der Waals surface area contributed by atoms with Crippen LogP contribution in [0.15, 0.2) is 47.5 Å². The van der Waals surface area contributed by atoms with Gasteiger partial charge in [0.25, 0.3) is 0 Å². The molecule has 4 rings (SSSR count). The van der Waals surface area contributed by atoms with Crippen LogP contribution in [0, 0.1) is 11.7 Å². The zero-order valence-electron chi connectivity index (χ0n) is 20.0. The first-order valence-corrected chi connectivity index (χ1v) is 12.3. The molecule has 0 heterocycles. The molecule has 6 heteroatoms. The second kappa shape index (κ2) is 10.6. The van der Waals surface area contributed by atoms with Gasteiger partial charge in [-0.3, -0.25) is 15.1 Å². The molecule has 0 amide bonds. The smallest absolute Gasteiger partial charge is 0.337 e. The number of rotatable bonds is 9. The number of nitrogens with zero attached hydrogens (tertiary/aromatic N) is 1. The van der Waals surface area contributed by atoms with Crippen LogP contribution in [0.2, 0.25) is 0 Å². The number of methoxy groups -OCH3 is 1. The van der Waals surface area contributed by atoms with Crippen molar-refractivity contribution in [2.45, 2.75) is 70.0 Å². The molecular formula is C28H33FN2O3. The van der Waals surface area contributed by atoms with Gasteiger partial charge in [0.1, 0.15) is 17.2 Å². The lowest BCUT2D eigenvalue weighted by atomic mass is 9.86. The third-order valence-corrected chi connectivity index (χ3v) is 7.06. The number of nitrogens with one attached hydrogen (secondary N) is 1. The van der Waals surface area contributed by atoms with Crippen molar-refractivity contribution >= 4 is 18.0 Å². The van der Waals surface area contributed by atoms with E-state index in [0.29, 0.717) is 34.7 Å². The Bertz CT molecular complexity index is 1050. The number of hydrogen-bond acceptors (Lipinski definition) is 5. The lowest BCUT2D eigenvalue weighted by molar-refractivity contribution is -0.102. The second-order valence-corrected chi connectivity index (χ2v) is 9.44. The van der Waals surface area contributed by atoms with E-state index in [1.807, 2.05) is 19.1 Å². The molecule has 0 aliphatic heterocycles. The highest BCUT2D eigenvalue weighted by Crippen LogP contribution is 2.44. The third kappa shape index (κ3) is 5.44. The van der Waals surface area contributed by atoms with Crippen LogP contribution in [0.3, 0.4) is 0 Å². The van der Waals surface area contributed by atoms with E-state index in [0.717, 1.165) is 56.8 Å². The van der Waals surface area contributed by atoms with Crippen molar-refractivity contribution in [1.29, 1.82) is 0 Å². The van der Waals surface area contributed by atoms with Gasteiger partial charge >= 0.3 is 5.97 Å². The summed E-state index contributed by atoms with van der Waals surface area (Å²) in [6.07, 6.45) is 8.51. The van der Waals surface area contributed by atoms with Gasteiger partial charge in [0.05, 0.1) is 12.7 Å². The van der Waals surface area contributed by atoms with Crippen molar-refractivity contribution in [2.24, 2.45) is 10.9 Å². The molecule has 2 aromatic carbocycles. The standard InChI is InChI=1S/C28H33FN2O3/c1-3-19-17-23(13-14-24(19)29)25(18-32)30-28(15-5-4-6-16-28)31-26(20-7-8-20)21-9-11-22(12-10-21)27(33)34-2/h9-14,17-18,20,26,31H,3-8,15-16H2,1-2H3/b30-25+. The second-order valence-electron chi connectivity index (χ2n) is 9.44. The van der Waals surface area contributed by atoms with Gasteiger partial charge in [-0.05, 0) is 92.3 Å². The number of esters is 1. The molecule has 1 atom stereocenters. The normalized spacial score (nSPS) is 18.9. The molecule has 2 aliphatic carbocycles. The summed E-state index contributed by atoms with van der Waals surface area (Å²) in [6, 6.07) is 12.5. The average Bonchev–Trinajstić information content (AvgIpc) is 3.72. The summed E-state index contributed by atoms with van der Waals surface area (Å²) < 4.78 is 18.9. The summed E-state index contributed by atoms with van der Waals surface area (Å²) in [4.78, 5) is 29.0. The van der Waals surface area contributed by atoms with Crippen LogP contribution in [0.25, 0.3) is 0 Å². The predicted octanol–water partition coefficient (Wildman–Crippen LogP) is 5.56. The Morgan fingerprint density at radius 3 is 2.41 bits per heavy atom. The molecule has 2 saturated carbocycles. The molecule has 2 fully saturated rings. The first kappa shape index (κ1) is 24.3. The van der Waals surface area contributed by atoms with E-state index >= 15 is 0 Å². The number of aldehydes is 1. The average molecular weight is 465 g/mol. The maximum absolute atomic E-state index is 14.1. The molecular weight excluding hydrogens is 431 g/mol. The molecule has 2 aliphatic rings. The number of benzene rings is 2. The molecule has 1 unspecified atom stereocenters. The Morgan fingerprint density at radius 1 is 1.15 bits per heavy atom. The Hall–Kier alpha value is -2.86. The highest BCUT2D eigenvalue weighted by Gasteiger charge is 2.40. The highest BCUT2D eigenvalue weighted by atomic mass is 19.1. The minimum absolute atomic E-state index is 0.0841. The maximum Gasteiger partial charge on any atom is 0.337 e. The topological polar surface area (TPSA) is 67.8 Å². The van der Waals surface area contributed by atoms with Gasteiger partial charge in [0.2, 0.25) is 0 Å². The fourth-order valence-corrected chi connectivity index (χ4v) is 4.96. The number of hydrogen-bond donors (Lipinski definition) is 1. The van der Waals surface area contributed by atoms with Crippen molar-refractivity contribution in [3.63, 3.8) is 0 Å². The molecule has 0 radical (unpaired) electrons. The quantitative estimate of drug-likeness (QED) is 0.300. The summed E-state index contributed by atoms with van der Waals surface area (Å²) >= 11 is 0. The molecule has 5 nitrogen and oxygen atoms in total. The van der Waals surface area contributed by atoms with E-state index in [-0.39, 0.29) is 17.8 Å². The van der Waals surface area contributed by atoms with E-state index in [1.54, 1.807) is 24.3 Å². The van der Waals surface area contributed by atoms with Crippen LogP contribution < -0.4 is 5.32 Å². The van der Waals surface area contributed by atoms with Crippen LogP contribution >= 0.6 is 0 Å². The molecule has 0 saturated heterocycles. The van der Waals surface area contributed by atoms with E-state index in [1.165, 1.54) is 13.2 Å². The van der Waals surface area contributed by atoms with Gasteiger partial charge < -0.3 is 4.74 Å². The Kier molecular flexibility index (Phi) is 7.57. The van der Waals surface area contributed by atoms with E-state index in [2.05, 4.69) is 5.32 Å². The summed E-state index contributed by atoms with van der Waals surface area (Å²) in [7, 11) is 1.38. The zero-order chi connectivity index (χ0) is 24.1. The minimum Gasteiger partial charge on any atom is -0.465 e. The molecule has 0 spiro atoms. The number of aryl methyl sites for hydroxylation is 1. The first-order chi connectivity index (χ1) is 16.5. The minimum atomic E-state index is -0.552. The summed E-state index contributed by atoms with van der Waals surface area (Å²) in [6.45, 7) is 1.90. The predicted molar refractivity (Wildman–Crippen MR) is 131 cm³/mol. The van der Waals surface area contributed by atoms with Crippen molar-refractivity contribution in [3.8, 4) is 0 Å². The van der Waals surface area contributed by atoms with Gasteiger partial charge in [-0.15, -0.1) is 0 Å². The third-order valence-electron chi connectivity index (χ3n) is 7.06. The van der Waals surface area contributed by atoms with Crippen LogP contribution in [0.1, 0.15) is 85.0 Å². The Morgan fingerprint density at radius 2 is 1.82 bits per heavy atom. The van der Waals surface area contributed by atoms with Crippen LogP contribution in [0.4, 0.5) is 4.39 Å². The zero-order valence-corrected chi connectivity index (χ0v) is 20.0. The number of aliphatic imine (C=N–C) groups is 1. The Balaban J connectivity index is 1.67. The molecule has 2 aromatic rings. The van der Waals surface area contributed by atoms with Gasteiger partial charge in [0.15, 0.2) is 6.29 Å². The maximum atomic E-state index is 14.1. The van der Waals surface area contributed by atoms with Crippen molar-refractivity contribution < 1.29 is 18.7 Å².